The van der Waals surface area contributed by atoms with E-state index < -0.39 is 5.60 Å². The maximum Gasteiger partial charge on any atom is 0.254 e. The monoisotopic (exact) mass is 354 g/mol. The Labute approximate surface area is 153 Å². The largest absolute Gasteiger partial charge is 0.390 e. The molecular weight excluding hydrogens is 328 g/mol. The number of aryl methyl sites for hydroxylation is 1. The molecule has 1 saturated carbocycles. The highest BCUT2D eigenvalue weighted by atomic mass is 16.3. The second-order valence-corrected chi connectivity index (χ2v) is 8.02. The molecule has 5 nitrogen and oxygen atoms in total. The Morgan fingerprint density at radius 2 is 2.15 bits per heavy atom. The van der Waals surface area contributed by atoms with Crippen LogP contribution in [-0.2, 0) is 0 Å². The molecule has 5 heteroatoms. The molecule has 0 radical (unpaired) electrons. The van der Waals surface area contributed by atoms with Gasteiger partial charge in [0.15, 0.2) is 0 Å². The molecule has 0 spiro atoms. The van der Waals surface area contributed by atoms with Crippen LogP contribution in [0.15, 0.2) is 29.1 Å². The second kappa shape index (κ2) is 6.23. The van der Waals surface area contributed by atoms with Crippen molar-refractivity contribution in [2.24, 2.45) is 11.8 Å². The summed E-state index contributed by atoms with van der Waals surface area (Å²) in [5, 5.41) is 11.8. The first-order chi connectivity index (χ1) is 12.4. The molecular formula is C21H26N2O3. The number of fused-ring (bicyclic) bond motifs is 2. The molecule has 2 N–H and O–H groups in total. The number of nitrogens with zero attached hydrogens (tertiary/aromatic N) is 1. The van der Waals surface area contributed by atoms with E-state index in [1.807, 2.05) is 36.9 Å². The van der Waals surface area contributed by atoms with Crippen LogP contribution in [-0.4, -0.2) is 39.6 Å². The number of benzene rings is 1. The molecule has 2 aromatic rings. The third kappa shape index (κ3) is 2.75. The van der Waals surface area contributed by atoms with Crippen molar-refractivity contribution < 1.29 is 9.90 Å². The SMILES string of the molecule is CC[C@@]1(O)CCC[C@@H]2CN(C(=O)c3cc(=O)[nH]c4ccc(C)cc34)C[C@@H]21. The fourth-order valence-electron chi connectivity index (χ4n) is 4.95. The van der Waals surface area contributed by atoms with Crippen LogP contribution in [0.2, 0.25) is 0 Å². The van der Waals surface area contributed by atoms with Crippen molar-refractivity contribution in [2.45, 2.75) is 45.1 Å². The fourth-order valence-corrected chi connectivity index (χ4v) is 4.95. The summed E-state index contributed by atoms with van der Waals surface area (Å²) < 4.78 is 0. The number of hydrogen-bond acceptors (Lipinski definition) is 3. The third-order valence-electron chi connectivity index (χ3n) is 6.44. The van der Waals surface area contributed by atoms with E-state index in [0.717, 1.165) is 36.6 Å². The summed E-state index contributed by atoms with van der Waals surface area (Å²) in [6.07, 6.45) is 3.62. The van der Waals surface area contributed by atoms with Gasteiger partial charge in [0.25, 0.3) is 5.91 Å². The summed E-state index contributed by atoms with van der Waals surface area (Å²) >= 11 is 0. The molecule has 1 aliphatic carbocycles. The smallest absolute Gasteiger partial charge is 0.254 e. The Balaban J connectivity index is 1.70. The zero-order chi connectivity index (χ0) is 18.5. The number of carbonyl (C=O) groups is 1. The predicted molar refractivity (Wildman–Crippen MR) is 101 cm³/mol. The maximum atomic E-state index is 13.3. The number of carbonyl (C=O) groups excluding carboxylic acids is 1. The van der Waals surface area contributed by atoms with Gasteiger partial charge in [-0.2, -0.15) is 0 Å². The van der Waals surface area contributed by atoms with Crippen LogP contribution in [0.1, 0.15) is 48.5 Å². The molecule has 2 fully saturated rings. The quantitative estimate of drug-likeness (QED) is 0.871. The van der Waals surface area contributed by atoms with Crippen LogP contribution in [0.25, 0.3) is 10.9 Å². The predicted octanol–water partition coefficient (Wildman–Crippen LogP) is 2.85. The molecule has 26 heavy (non-hydrogen) atoms. The molecule has 138 valence electrons. The van der Waals surface area contributed by atoms with Crippen molar-refractivity contribution in [3.8, 4) is 0 Å². The maximum absolute atomic E-state index is 13.3. The standard InChI is InChI=1S/C21H26N2O3/c1-3-21(26)8-4-5-14-11-23(12-17(14)21)20(25)16-10-19(24)22-18-7-6-13(2)9-15(16)18/h6-7,9-10,14,17,26H,3-5,8,11-12H2,1-2H3,(H,22,24)/t14-,17+,21-/m1/s1. The number of hydrogen-bond donors (Lipinski definition) is 2. The lowest BCUT2D eigenvalue weighted by molar-refractivity contribution is -0.0609. The normalized spacial score (nSPS) is 28.3. The van der Waals surface area contributed by atoms with Gasteiger partial charge in [-0.3, -0.25) is 9.59 Å². The molecule has 3 atom stereocenters. The van der Waals surface area contributed by atoms with E-state index in [-0.39, 0.29) is 17.4 Å². The summed E-state index contributed by atoms with van der Waals surface area (Å²) in [6.45, 7) is 5.25. The third-order valence-corrected chi connectivity index (χ3v) is 6.44. The van der Waals surface area contributed by atoms with Gasteiger partial charge in [0.05, 0.1) is 11.2 Å². The molecule has 0 unspecified atom stereocenters. The molecule has 1 aromatic heterocycles. The van der Waals surface area contributed by atoms with Crippen LogP contribution >= 0.6 is 0 Å². The highest BCUT2D eigenvalue weighted by Gasteiger charge is 2.48. The van der Waals surface area contributed by atoms with E-state index in [9.17, 15) is 14.7 Å². The van der Waals surface area contributed by atoms with E-state index >= 15 is 0 Å². The van der Waals surface area contributed by atoms with Gasteiger partial charge >= 0.3 is 0 Å². The molecule has 1 aliphatic heterocycles. The number of nitrogens with one attached hydrogen (secondary N) is 1. The number of aliphatic hydroxyl groups is 1. The number of amides is 1. The topological polar surface area (TPSA) is 73.4 Å². The van der Waals surface area contributed by atoms with Crippen molar-refractivity contribution in [3.63, 3.8) is 0 Å². The van der Waals surface area contributed by atoms with Crippen LogP contribution in [0.3, 0.4) is 0 Å². The van der Waals surface area contributed by atoms with Crippen molar-refractivity contribution in [2.75, 3.05) is 13.1 Å². The average Bonchev–Trinajstić information content (AvgIpc) is 3.07. The highest BCUT2D eigenvalue weighted by Crippen LogP contribution is 2.44. The van der Waals surface area contributed by atoms with Gasteiger partial charge in [0, 0.05) is 36.0 Å². The molecule has 1 amide bonds. The van der Waals surface area contributed by atoms with Crippen LogP contribution in [0.5, 0.6) is 0 Å². The summed E-state index contributed by atoms with van der Waals surface area (Å²) in [5.74, 6) is 0.396. The molecule has 2 aliphatic rings. The molecule has 1 saturated heterocycles. The van der Waals surface area contributed by atoms with Crippen LogP contribution in [0.4, 0.5) is 0 Å². The summed E-state index contributed by atoms with van der Waals surface area (Å²) in [7, 11) is 0. The van der Waals surface area contributed by atoms with Crippen molar-refractivity contribution in [1.29, 1.82) is 0 Å². The molecule has 1 aromatic carbocycles. The lowest BCUT2D eigenvalue weighted by atomic mass is 9.69. The molecule has 0 bridgehead atoms. The first-order valence-electron chi connectivity index (χ1n) is 9.56. The van der Waals surface area contributed by atoms with E-state index in [0.29, 0.717) is 30.1 Å². The van der Waals surface area contributed by atoms with Crippen LogP contribution < -0.4 is 5.56 Å². The average molecular weight is 354 g/mol. The van der Waals surface area contributed by atoms with Crippen molar-refractivity contribution in [3.05, 3.63) is 45.7 Å². The minimum absolute atomic E-state index is 0.0976. The zero-order valence-corrected chi connectivity index (χ0v) is 15.4. The summed E-state index contributed by atoms with van der Waals surface area (Å²) in [4.78, 5) is 30.0. The van der Waals surface area contributed by atoms with Crippen molar-refractivity contribution in [1.82, 2.24) is 9.88 Å². The second-order valence-electron chi connectivity index (χ2n) is 8.02. The number of rotatable bonds is 2. The van der Waals surface area contributed by atoms with E-state index in [1.54, 1.807) is 0 Å². The lowest BCUT2D eigenvalue weighted by Gasteiger charge is -2.40. The lowest BCUT2D eigenvalue weighted by Crippen LogP contribution is -2.44. The number of aromatic nitrogens is 1. The fraction of sp³-hybridized carbons (Fsp3) is 0.524. The first kappa shape index (κ1) is 17.3. The molecule has 4 rings (SSSR count). The van der Waals surface area contributed by atoms with E-state index in [2.05, 4.69) is 4.98 Å². The Bertz CT molecular complexity index is 919. The number of aromatic amines is 1. The van der Waals surface area contributed by atoms with Crippen molar-refractivity contribution >= 4 is 16.8 Å². The Hall–Kier alpha value is -2.14. The zero-order valence-electron chi connectivity index (χ0n) is 15.4. The Morgan fingerprint density at radius 1 is 1.35 bits per heavy atom. The van der Waals surface area contributed by atoms with Gasteiger partial charge < -0.3 is 15.0 Å². The van der Waals surface area contributed by atoms with Crippen LogP contribution in [0, 0.1) is 18.8 Å². The van der Waals surface area contributed by atoms with Gasteiger partial charge in [-0.1, -0.05) is 25.0 Å². The minimum atomic E-state index is -0.662. The Morgan fingerprint density at radius 3 is 2.92 bits per heavy atom. The highest BCUT2D eigenvalue weighted by molar-refractivity contribution is 6.06. The molecule has 2 heterocycles. The Kier molecular flexibility index (Phi) is 4.14. The van der Waals surface area contributed by atoms with Gasteiger partial charge in [0.1, 0.15) is 0 Å². The van der Waals surface area contributed by atoms with Gasteiger partial charge in [-0.15, -0.1) is 0 Å². The number of H-pyrrole nitrogens is 1. The van der Waals surface area contributed by atoms with Gasteiger partial charge in [0.2, 0.25) is 5.56 Å². The van der Waals surface area contributed by atoms with Gasteiger partial charge in [-0.05, 0) is 44.2 Å². The summed E-state index contributed by atoms with van der Waals surface area (Å²) in [5.41, 5.74) is 1.28. The van der Waals surface area contributed by atoms with E-state index in [4.69, 9.17) is 0 Å². The number of likely N-dealkylation sites (tertiary alicyclic amines) is 1. The minimum Gasteiger partial charge on any atom is -0.390 e. The summed E-state index contributed by atoms with van der Waals surface area (Å²) in [6, 6.07) is 7.14. The first-order valence-corrected chi connectivity index (χ1v) is 9.56. The van der Waals surface area contributed by atoms with Gasteiger partial charge in [-0.25, -0.2) is 0 Å². The number of pyridine rings is 1. The van der Waals surface area contributed by atoms with E-state index in [1.165, 1.54) is 6.07 Å².